The number of benzene rings is 1. The molecule has 1 aliphatic heterocycles. The van der Waals surface area contributed by atoms with E-state index in [1.807, 2.05) is 0 Å². The molecule has 0 amide bonds. The van der Waals surface area contributed by atoms with Crippen molar-refractivity contribution in [3.05, 3.63) is 23.8 Å². The molecular formula is C12H13F5N2. The van der Waals surface area contributed by atoms with Crippen LogP contribution in [0.3, 0.4) is 0 Å². The van der Waals surface area contributed by atoms with Gasteiger partial charge in [0, 0.05) is 37.3 Å². The number of nitrogen functional groups attached to an aromatic ring is 1. The maximum atomic E-state index is 13.0. The Bertz CT molecular complexity index is 460. The molecule has 1 saturated heterocycles. The van der Waals surface area contributed by atoms with Crippen molar-refractivity contribution in [1.29, 1.82) is 0 Å². The van der Waals surface area contributed by atoms with Gasteiger partial charge in [0.1, 0.15) is 0 Å². The van der Waals surface area contributed by atoms with Gasteiger partial charge in [0.25, 0.3) is 5.92 Å². The quantitative estimate of drug-likeness (QED) is 0.630. The maximum Gasteiger partial charge on any atom is 0.418 e. The highest BCUT2D eigenvalue weighted by molar-refractivity contribution is 5.59. The van der Waals surface area contributed by atoms with E-state index in [0.29, 0.717) is 0 Å². The summed E-state index contributed by atoms with van der Waals surface area (Å²) in [6, 6.07) is 3.50. The lowest BCUT2D eigenvalue weighted by atomic mass is 10.0. The average Bonchev–Trinajstić information content (AvgIpc) is 2.28. The van der Waals surface area contributed by atoms with Crippen molar-refractivity contribution >= 4 is 11.4 Å². The molecule has 2 rings (SSSR count). The highest BCUT2D eigenvalue weighted by atomic mass is 19.4. The molecule has 0 atom stereocenters. The molecule has 0 aliphatic carbocycles. The van der Waals surface area contributed by atoms with E-state index in [4.69, 9.17) is 5.73 Å². The van der Waals surface area contributed by atoms with Crippen LogP contribution in [0.1, 0.15) is 18.4 Å². The molecule has 2 nitrogen and oxygen atoms in total. The standard InChI is InChI=1S/C12H13F5N2/c13-11(14)3-5-19(6-4-11)8-1-2-10(18)9(7-8)12(15,16)17/h1-2,7H,3-6,18H2. The minimum Gasteiger partial charge on any atom is -0.398 e. The van der Waals surface area contributed by atoms with Crippen LogP contribution in [0.25, 0.3) is 0 Å². The van der Waals surface area contributed by atoms with Crippen molar-refractivity contribution in [3.8, 4) is 0 Å². The Kier molecular flexibility index (Phi) is 3.32. The SMILES string of the molecule is Nc1ccc(N2CCC(F)(F)CC2)cc1C(F)(F)F. The first-order valence-corrected chi connectivity index (χ1v) is 5.78. The zero-order chi connectivity index (χ0) is 14.3. The van der Waals surface area contributed by atoms with Gasteiger partial charge in [0.2, 0.25) is 0 Å². The van der Waals surface area contributed by atoms with Gasteiger partial charge in [-0.2, -0.15) is 13.2 Å². The van der Waals surface area contributed by atoms with Gasteiger partial charge in [-0.05, 0) is 18.2 Å². The van der Waals surface area contributed by atoms with E-state index in [1.54, 1.807) is 0 Å². The number of rotatable bonds is 1. The van der Waals surface area contributed by atoms with Crippen LogP contribution in [0, 0.1) is 0 Å². The lowest BCUT2D eigenvalue weighted by Crippen LogP contribution is -2.39. The molecule has 0 bridgehead atoms. The van der Waals surface area contributed by atoms with E-state index < -0.39 is 17.7 Å². The van der Waals surface area contributed by atoms with Gasteiger partial charge in [-0.3, -0.25) is 0 Å². The van der Waals surface area contributed by atoms with Gasteiger partial charge >= 0.3 is 6.18 Å². The summed E-state index contributed by atoms with van der Waals surface area (Å²) in [7, 11) is 0. The fourth-order valence-corrected chi connectivity index (χ4v) is 2.08. The highest BCUT2D eigenvalue weighted by Gasteiger charge is 2.36. The molecule has 0 radical (unpaired) electrons. The van der Waals surface area contributed by atoms with Crippen LogP contribution in [0.5, 0.6) is 0 Å². The first kappa shape index (κ1) is 13.9. The van der Waals surface area contributed by atoms with Crippen molar-refractivity contribution in [2.75, 3.05) is 23.7 Å². The number of halogens is 5. The van der Waals surface area contributed by atoms with E-state index in [0.717, 1.165) is 12.1 Å². The minimum absolute atomic E-state index is 0.0359. The summed E-state index contributed by atoms with van der Waals surface area (Å²) < 4.78 is 64.1. The van der Waals surface area contributed by atoms with Crippen molar-refractivity contribution < 1.29 is 22.0 Å². The molecule has 2 N–H and O–H groups in total. The van der Waals surface area contributed by atoms with Crippen LogP contribution in [0.15, 0.2) is 18.2 Å². The van der Waals surface area contributed by atoms with Crippen molar-refractivity contribution in [2.24, 2.45) is 0 Å². The molecule has 1 aliphatic rings. The molecule has 0 unspecified atom stereocenters. The third-order valence-electron chi connectivity index (χ3n) is 3.20. The minimum atomic E-state index is -4.54. The second kappa shape index (κ2) is 4.54. The zero-order valence-corrected chi connectivity index (χ0v) is 9.97. The van der Waals surface area contributed by atoms with Crippen LogP contribution in [0.2, 0.25) is 0 Å². The maximum absolute atomic E-state index is 13.0. The lowest BCUT2D eigenvalue weighted by Gasteiger charge is -2.33. The molecule has 1 aromatic rings. The van der Waals surface area contributed by atoms with Crippen LogP contribution in [0.4, 0.5) is 33.3 Å². The number of nitrogens with zero attached hydrogens (tertiary/aromatic N) is 1. The number of alkyl halides is 5. The molecule has 7 heteroatoms. The Morgan fingerprint density at radius 1 is 1.11 bits per heavy atom. The fraction of sp³-hybridized carbons (Fsp3) is 0.500. The van der Waals surface area contributed by atoms with E-state index in [-0.39, 0.29) is 37.3 Å². The molecule has 19 heavy (non-hydrogen) atoms. The molecule has 1 aromatic carbocycles. The molecular weight excluding hydrogens is 267 g/mol. The highest BCUT2D eigenvalue weighted by Crippen LogP contribution is 2.37. The lowest BCUT2D eigenvalue weighted by molar-refractivity contribution is -0.136. The third-order valence-corrected chi connectivity index (χ3v) is 3.20. The van der Waals surface area contributed by atoms with Gasteiger partial charge in [-0.25, -0.2) is 8.78 Å². The topological polar surface area (TPSA) is 29.3 Å². The van der Waals surface area contributed by atoms with Crippen LogP contribution < -0.4 is 10.6 Å². The van der Waals surface area contributed by atoms with Gasteiger partial charge < -0.3 is 10.6 Å². The van der Waals surface area contributed by atoms with Gasteiger partial charge in [0.15, 0.2) is 0 Å². The normalized spacial score (nSPS) is 19.5. The number of piperidine rings is 1. The summed E-state index contributed by atoms with van der Waals surface area (Å²) in [6.45, 7) is 0.0719. The first-order valence-electron chi connectivity index (χ1n) is 5.78. The number of hydrogen-bond donors (Lipinski definition) is 1. The second-order valence-electron chi connectivity index (χ2n) is 4.61. The molecule has 106 valence electrons. The van der Waals surface area contributed by atoms with E-state index in [1.165, 1.54) is 11.0 Å². The largest absolute Gasteiger partial charge is 0.418 e. The van der Waals surface area contributed by atoms with Gasteiger partial charge in [-0.15, -0.1) is 0 Å². The Hall–Kier alpha value is -1.53. The Balaban J connectivity index is 2.23. The van der Waals surface area contributed by atoms with Gasteiger partial charge in [-0.1, -0.05) is 0 Å². The smallest absolute Gasteiger partial charge is 0.398 e. The molecule has 0 spiro atoms. The predicted molar refractivity (Wildman–Crippen MR) is 62.3 cm³/mol. The second-order valence-corrected chi connectivity index (χ2v) is 4.61. The first-order chi connectivity index (χ1) is 8.69. The number of anilines is 2. The Morgan fingerprint density at radius 2 is 1.68 bits per heavy atom. The van der Waals surface area contributed by atoms with Crippen LogP contribution >= 0.6 is 0 Å². The summed E-state index contributed by atoms with van der Waals surface area (Å²) in [4.78, 5) is 1.52. The monoisotopic (exact) mass is 280 g/mol. The van der Waals surface area contributed by atoms with Crippen molar-refractivity contribution in [3.63, 3.8) is 0 Å². The molecule has 0 aromatic heterocycles. The molecule has 0 saturated carbocycles. The summed E-state index contributed by atoms with van der Waals surface area (Å²) in [5.74, 6) is -2.73. The number of nitrogens with two attached hydrogens (primary N) is 1. The molecule has 1 fully saturated rings. The average molecular weight is 280 g/mol. The summed E-state index contributed by atoms with van der Waals surface area (Å²) in [5, 5.41) is 0. The Labute approximate surface area is 107 Å². The van der Waals surface area contributed by atoms with Crippen LogP contribution in [-0.4, -0.2) is 19.0 Å². The zero-order valence-electron chi connectivity index (χ0n) is 9.97. The third kappa shape index (κ3) is 3.08. The summed E-state index contributed by atoms with van der Waals surface area (Å²) in [5.41, 5.74) is 4.27. The Morgan fingerprint density at radius 3 is 2.21 bits per heavy atom. The van der Waals surface area contributed by atoms with E-state index in [9.17, 15) is 22.0 Å². The van der Waals surface area contributed by atoms with Gasteiger partial charge in [0.05, 0.1) is 5.56 Å². The predicted octanol–water partition coefficient (Wildman–Crippen LogP) is 3.52. The summed E-state index contributed by atoms with van der Waals surface area (Å²) in [6.07, 6.45) is -5.24. The van der Waals surface area contributed by atoms with Crippen molar-refractivity contribution in [2.45, 2.75) is 24.9 Å². The van der Waals surface area contributed by atoms with Crippen molar-refractivity contribution in [1.82, 2.24) is 0 Å². The van der Waals surface area contributed by atoms with Crippen LogP contribution in [-0.2, 0) is 6.18 Å². The van der Waals surface area contributed by atoms with E-state index in [2.05, 4.69) is 0 Å². The van der Waals surface area contributed by atoms with E-state index >= 15 is 0 Å². The number of hydrogen-bond acceptors (Lipinski definition) is 2. The fourth-order valence-electron chi connectivity index (χ4n) is 2.08. The summed E-state index contributed by atoms with van der Waals surface area (Å²) >= 11 is 0. The molecule has 1 heterocycles.